The molecule has 0 radical (unpaired) electrons. The molecule has 4 nitrogen and oxygen atoms in total. The van der Waals surface area contributed by atoms with Gasteiger partial charge in [0.05, 0.1) is 5.69 Å². The third kappa shape index (κ3) is 2.56. The average molecular weight is 283 g/mol. The van der Waals surface area contributed by atoms with Crippen LogP contribution in [0.1, 0.15) is 10.5 Å². The molecule has 20 heavy (non-hydrogen) atoms. The van der Waals surface area contributed by atoms with Crippen molar-refractivity contribution in [2.45, 2.75) is 5.25 Å². The predicted octanol–water partition coefficient (Wildman–Crippen LogP) is 0.156. The highest BCUT2D eigenvalue weighted by atomic mass is 32.1. The summed E-state index contributed by atoms with van der Waals surface area (Å²) in [6.07, 6.45) is 0. The van der Waals surface area contributed by atoms with Gasteiger partial charge in [0.15, 0.2) is 5.69 Å². The van der Waals surface area contributed by atoms with Crippen molar-refractivity contribution in [2.75, 3.05) is 13.1 Å². The fraction of sp³-hybridized carbons (Fsp3) is 0.214. The first-order chi connectivity index (χ1) is 9.63. The van der Waals surface area contributed by atoms with Crippen LogP contribution in [-0.2, 0) is 0 Å². The summed E-state index contributed by atoms with van der Waals surface area (Å²) in [5.74, 6) is -0.0711. The minimum absolute atomic E-state index is 0.0711. The van der Waals surface area contributed by atoms with Gasteiger partial charge < -0.3 is 4.90 Å². The van der Waals surface area contributed by atoms with Crippen LogP contribution in [0.4, 0.5) is 0 Å². The number of nitrogens with zero attached hydrogens (tertiary/aromatic N) is 3. The monoisotopic (exact) mass is 283 g/mol. The van der Waals surface area contributed by atoms with Gasteiger partial charge in [0.1, 0.15) is 7.85 Å². The Hall–Kier alpha value is -1.82. The van der Waals surface area contributed by atoms with Crippen molar-refractivity contribution < 1.29 is 4.79 Å². The van der Waals surface area contributed by atoms with E-state index in [0.717, 1.165) is 11.3 Å². The molecule has 0 spiro atoms. The van der Waals surface area contributed by atoms with Gasteiger partial charge in [-0.2, -0.15) is 12.6 Å². The molecule has 2 heterocycles. The van der Waals surface area contributed by atoms with Gasteiger partial charge >= 0.3 is 0 Å². The summed E-state index contributed by atoms with van der Waals surface area (Å²) in [5, 5.41) is 8.47. The highest BCUT2D eigenvalue weighted by molar-refractivity contribution is 7.81. The molecule has 0 unspecified atom stereocenters. The van der Waals surface area contributed by atoms with Crippen LogP contribution in [0.2, 0.25) is 0 Å². The number of rotatable bonds is 2. The van der Waals surface area contributed by atoms with Crippen molar-refractivity contribution in [3.63, 3.8) is 0 Å². The van der Waals surface area contributed by atoms with E-state index in [4.69, 9.17) is 0 Å². The number of carbonyl (C=O) groups excluding carboxylic acids is 1. The Morgan fingerprint density at radius 1 is 1.15 bits per heavy atom. The van der Waals surface area contributed by atoms with Gasteiger partial charge in [-0.1, -0.05) is 29.7 Å². The maximum Gasteiger partial charge on any atom is 0.274 e. The molecular weight excluding hydrogens is 269 g/mol. The van der Waals surface area contributed by atoms with E-state index in [1.165, 1.54) is 5.46 Å². The Morgan fingerprint density at radius 2 is 1.85 bits per heavy atom. The van der Waals surface area contributed by atoms with Crippen LogP contribution < -0.4 is 5.46 Å². The van der Waals surface area contributed by atoms with E-state index in [9.17, 15) is 4.79 Å². The first-order valence-electron chi connectivity index (χ1n) is 6.51. The van der Waals surface area contributed by atoms with Crippen LogP contribution in [0.3, 0.4) is 0 Å². The van der Waals surface area contributed by atoms with Gasteiger partial charge in [-0.25, -0.2) is 0 Å². The number of hydrogen-bond donors (Lipinski definition) is 1. The second kappa shape index (κ2) is 5.29. The van der Waals surface area contributed by atoms with E-state index >= 15 is 0 Å². The van der Waals surface area contributed by atoms with Gasteiger partial charge in [0.25, 0.3) is 5.91 Å². The van der Waals surface area contributed by atoms with Crippen LogP contribution in [0.5, 0.6) is 0 Å². The van der Waals surface area contributed by atoms with Crippen LogP contribution in [0, 0.1) is 0 Å². The summed E-state index contributed by atoms with van der Waals surface area (Å²) in [5.41, 5.74) is 3.37. The Labute approximate surface area is 124 Å². The topological polar surface area (TPSA) is 46.1 Å². The van der Waals surface area contributed by atoms with Gasteiger partial charge in [0.2, 0.25) is 0 Å². The van der Waals surface area contributed by atoms with Crippen molar-refractivity contribution in [3.05, 3.63) is 42.1 Å². The molecule has 0 bridgehead atoms. The molecule has 1 aromatic carbocycles. The quantitative estimate of drug-likeness (QED) is 0.630. The first-order valence-corrected chi connectivity index (χ1v) is 7.03. The number of amides is 1. The van der Waals surface area contributed by atoms with Crippen molar-refractivity contribution in [1.82, 2.24) is 15.1 Å². The summed E-state index contributed by atoms with van der Waals surface area (Å²) in [6, 6.07) is 11.6. The van der Waals surface area contributed by atoms with E-state index in [-0.39, 0.29) is 5.91 Å². The van der Waals surface area contributed by atoms with Crippen LogP contribution >= 0.6 is 12.6 Å². The maximum absolute atomic E-state index is 12.1. The predicted molar refractivity (Wildman–Crippen MR) is 84.3 cm³/mol. The second-order valence-electron chi connectivity index (χ2n) is 5.03. The van der Waals surface area contributed by atoms with Gasteiger partial charge in [-0.05, 0) is 12.1 Å². The maximum atomic E-state index is 12.1. The lowest BCUT2D eigenvalue weighted by Crippen LogP contribution is -2.51. The van der Waals surface area contributed by atoms with Gasteiger partial charge in [-0.3, -0.25) is 4.79 Å². The molecule has 1 amide bonds. The first kappa shape index (κ1) is 13.2. The molecule has 2 aromatic rings. The fourth-order valence-electron chi connectivity index (χ4n) is 2.11. The minimum Gasteiger partial charge on any atom is -0.335 e. The number of likely N-dealkylation sites (tertiary alicyclic amines) is 1. The van der Waals surface area contributed by atoms with E-state index in [1.54, 1.807) is 11.0 Å². The standard InChI is InChI=1S/C14H14BN3OS/c15-10-3-1-9(2-4-10)12-5-6-13(17-16-12)14(19)18-7-11(20)8-18/h1-6,11,20H,7-8,15H2. The zero-order valence-corrected chi connectivity index (χ0v) is 12.0. The molecule has 0 N–H and O–H groups in total. The lowest BCUT2D eigenvalue weighted by Gasteiger charge is -2.35. The number of thiol groups is 1. The summed E-state index contributed by atoms with van der Waals surface area (Å²) in [7, 11) is 2.04. The molecule has 0 aliphatic carbocycles. The Morgan fingerprint density at radius 3 is 2.40 bits per heavy atom. The normalized spacial score (nSPS) is 14.9. The van der Waals surface area contributed by atoms with E-state index < -0.39 is 0 Å². The largest absolute Gasteiger partial charge is 0.335 e. The molecule has 3 rings (SSSR count). The second-order valence-corrected chi connectivity index (χ2v) is 5.76. The Balaban J connectivity index is 1.77. The van der Waals surface area contributed by atoms with Crippen molar-refractivity contribution >= 4 is 31.8 Å². The molecule has 1 aromatic heterocycles. The fourth-order valence-corrected chi connectivity index (χ4v) is 2.50. The molecule has 0 saturated carbocycles. The van der Waals surface area contributed by atoms with Crippen LogP contribution in [0.15, 0.2) is 36.4 Å². The van der Waals surface area contributed by atoms with E-state index in [2.05, 4.69) is 22.8 Å². The van der Waals surface area contributed by atoms with Crippen molar-refractivity contribution in [1.29, 1.82) is 0 Å². The lowest BCUT2D eigenvalue weighted by atomic mass is 9.95. The SMILES string of the molecule is Bc1ccc(-c2ccc(C(=O)N3CC(S)C3)nn2)cc1. The molecular formula is C14H14BN3OS. The number of hydrogen-bond acceptors (Lipinski definition) is 4. The van der Waals surface area contributed by atoms with Crippen molar-refractivity contribution in [3.8, 4) is 11.3 Å². The number of aromatic nitrogens is 2. The molecule has 0 atom stereocenters. The minimum atomic E-state index is -0.0711. The molecule has 1 fully saturated rings. The molecule has 1 aliphatic rings. The van der Waals surface area contributed by atoms with Crippen LogP contribution in [-0.4, -0.2) is 47.2 Å². The van der Waals surface area contributed by atoms with Crippen molar-refractivity contribution in [2.24, 2.45) is 0 Å². The Bertz CT molecular complexity index is 624. The van der Waals surface area contributed by atoms with E-state index in [0.29, 0.717) is 24.0 Å². The number of carbonyl (C=O) groups is 1. The third-order valence-electron chi connectivity index (χ3n) is 3.38. The summed E-state index contributed by atoms with van der Waals surface area (Å²) in [4.78, 5) is 13.8. The number of benzene rings is 1. The highest BCUT2D eigenvalue weighted by Gasteiger charge is 2.29. The van der Waals surface area contributed by atoms with E-state index in [1.807, 2.05) is 38.2 Å². The zero-order valence-electron chi connectivity index (χ0n) is 11.2. The zero-order chi connectivity index (χ0) is 14.1. The lowest BCUT2D eigenvalue weighted by molar-refractivity contribution is 0.0658. The molecule has 1 saturated heterocycles. The summed E-state index contributed by atoms with van der Waals surface area (Å²) in [6.45, 7) is 1.37. The average Bonchev–Trinajstić information content (AvgIpc) is 2.44. The van der Waals surface area contributed by atoms with Gasteiger partial charge in [0, 0.05) is 23.9 Å². The third-order valence-corrected chi connectivity index (χ3v) is 3.71. The van der Waals surface area contributed by atoms with Crippen LogP contribution in [0.25, 0.3) is 11.3 Å². The smallest absolute Gasteiger partial charge is 0.274 e. The summed E-state index contributed by atoms with van der Waals surface area (Å²) >= 11 is 4.29. The summed E-state index contributed by atoms with van der Waals surface area (Å²) < 4.78 is 0. The molecule has 100 valence electrons. The molecule has 6 heteroatoms. The Kier molecular flexibility index (Phi) is 3.48. The highest BCUT2D eigenvalue weighted by Crippen LogP contribution is 2.18. The van der Waals surface area contributed by atoms with Gasteiger partial charge in [-0.15, -0.1) is 10.2 Å². The molecule has 1 aliphatic heterocycles.